The maximum Gasteiger partial charge on any atom is 0.253 e. The standard InChI is InChI=1S/C19H14ClOP/c20-19(21)17-13-7-8-14-18(17)22(15-9-3-1-4-10-15)16-11-5-2-6-12-16/h1-14H. The molecule has 0 heterocycles. The molecule has 0 aliphatic rings. The van der Waals surface area contributed by atoms with Gasteiger partial charge in [0.25, 0.3) is 5.24 Å². The van der Waals surface area contributed by atoms with E-state index in [1.54, 1.807) is 6.07 Å². The highest BCUT2D eigenvalue weighted by molar-refractivity contribution is 7.80. The van der Waals surface area contributed by atoms with E-state index >= 15 is 0 Å². The summed E-state index contributed by atoms with van der Waals surface area (Å²) in [4.78, 5) is 11.8. The second-order valence-electron chi connectivity index (χ2n) is 4.80. The van der Waals surface area contributed by atoms with Gasteiger partial charge in [-0.2, -0.15) is 0 Å². The van der Waals surface area contributed by atoms with E-state index in [0.717, 1.165) is 5.30 Å². The van der Waals surface area contributed by atoms with Gasteiger partial charge in [0, 0.05) is 5.56 Å². The molecule has 3 heteroatoms. The first kappa shape index (κ1) is 15.0. The minimum Gasteiger partial charge on any atom is -0.276 e. The topological polar surface area (TPSA) is 17.1 Å². The first-order valence-corrected chi connectivity index (χ1v) is 8.68. The molecule has 0 atom stereocenters. The number of hydrogen-bond donors (Lipinski definition) is 0. The number of halogens is 1. The average Bonchev–Trinajstić information content (AvgIpc) is 2.57. The number of carbonyl (C=O) groups excluding carboxylic acids is 1. The normalized spacial score (nSPS) is 10.6. The van der Waals surface area contributed by atoms with E-state index in [-0.39, 0.29) is 0 Å². The summed E-state index contributed by atoms with van der Waals surface area (Å²) >= 11 is 5.80. The highest BCUT2D eigenvalue weighted by atomic mass is 35.5. The zero-order valence-electron chi connectivity index (χ0n) is 11.8. The molecule has 3 rings (SSSR count). The fraction of sp³-hybridized carbons (Fsp3) is 0. The lowest BCUT2D eigenvalue weighted by atomic mass is 10.2. The molecule has 0 saturated heterocycles. The Morgan fingerprint density at radius 1 is 0.682 bits per heavy atom. The van der Waals surface area contributed by atoms with Crippen LogP contribution in [0.5, 0.6) is 0 Å². The molecule has 108 valence electrons. The molecule has 0 amide bonds. The molecule has 3 aromatic rings. The Hall–Kier alpha value is -1.95. The van der Waals surface area contributed by atoms with E-state index in [2.05, 4.69) is 24.3 Å². The molecule has 0 saturated carbocycles. The molecule has 0 aliphatic carbocycles. The van der Waals surface area contributed by atoms with E-state index in [0.29, 0.717) is 5.56 Å². The van der Waals surface area contributed by atoms with Crippen LogP contribution in [-0.4, -0.2) is 5.24 Å². The van der Waals surface area contributed by atoms with Crippen molar-refractivity contribution in [1.82, 2.24) is 0 Å². The number of carbonyl (C=O) groups is 1. The maximum atomic E-state index is 11.8. The molecule has 1 nitrogen and oxygen atoms in total. The number of rotatable bonds is 4. The van der Waals surface area contributed by atoms with Crippen LogP contribution in [0.4, 0.5) is 0 Å². The lowest BCUT2D eigenvalue weighted by Gasteiger charge is -2.21. The molecule has 0 fully saturated rings. The van der Waals surface area contributed by atoms with Crippen molar-refractivity contribution < 1.29 is 4.79 Å². The van der Waals surface area contributed by atoms with E-state index in [9.17, 15) is 4.79 Å². The van der Waals surface area contributed by atoms with Crippen LogP contribution in [0.15, 0.2) is 84.9 Å². The summed E-state index contributed by atoms with van der Waals surface area (Å²) in [6.07, 6.45) is 0. The van der Waals surface area contributed by atoms with Crippen molar-refractivity contribution in [3.05, 3.63) is 90.5 Å². The van der Waals surface area contributed by atoms with Crippen molar-refractivity contribution in [2.24, 2.45) is 0 Å². The lowest BCUT2D eigenvalue weighted by Crippen LogP contribution is -2.24. The van der Waals surface area contributed by atoms with Gasteiger partial charge in [0.1, 0.15) is 0 Å². The first-order chi connectivity index (χ1) is 10.8. The van der Waals surface area contributed by atoms with Gasteiger partial charge in [0.2, 0.25) is 0 Å². The third kappa shape index (κ3) is 3.11. The van der Waals surface area contributed by atoms with E-state index in [4.69, 9.17) is 11.6 Å². The molecule has 0 aliphatic heterocycles. The summed E-state index contributed by atoms with van der Waals surface area (Å²) in [7, 11) is -0.805. The second kappa shape index (κ2) is 6.87. The van der Waals surface area contributed by atoms with Crippen molar-refractivity contribution in [2.75, 3.05) is 0 Å². The number of hydrogen-bond acceptors (Lipinski definition) is 1. The zero-order chi connectivity index (χ0) is 15.4. The molecular weight excluding hydrogens is 311 g/mol. The minimum absolute atomic E-state index is 0.407. The van der Waals surface area contributed by atoms with Crippen LogP contribution in [0.25, 0.3) is 0 Å². The molecular formula is C19H14ClOP. The van der Waals surface area contributed by atoms with Crippen LogP contribution in [0.2, 0.25) is 0 Å². The van der Waals surface area contributed by atoms with Gasteiger partial charge < -0.3 is 0 Å². The molecule has 0 unspecified atom stereocenters. The molecule has 0 N–H and O–H groups in total. The summed E-state index contributed by atoms with van der Waals surface area (Å²) < 4.78 is 0. The van der Waals surface area contributed by atoms with Crippen LogP contribution < -0.4 is 15.9 Å². The van der Waals surface area contributed by atoms with E-state index < -0.39 is 13.2 Å². The minimum atomic E-state index is -0.805. The van der Waals surface area contributed by atoms with Crippen molar-refractivity contribution in [1.29, 1.82) is 0 Å². The Morgan fingerprint density at radius 3 is 1.64 bits per heavy atom. The Morgan fingerprint density at radius 2 is 1.14 bits per heavy atom. The monoisotopic (exact) mass is 324 g/mol. The van der Waals surface area contributed by atoms with Crippen molar-refractivity contribution in [3.63, 3.8) is 0 Å². The molecule has 3 aromatic carbocycles. The summed E-state index contributed by atoms with van der Waals surface area (Å²) in [6, 6.07) is 28.1. The van der Waals surface area contributed by atoms with Crippen molar-refractivity contribution in [3.8, 4) is 0 Å². The van der Waals surface area contributed by atoms with Crippen LogP contribution in [0.1, 0.15) is 10.4 Å². The fourth-order valence-electron chi connectivity index (χ4n) is 2.42. The SMILES string of the molecule is O=C(Cl)c1ccccc1P(c1ccccc1)c1ccccc1. The Labute approximate surface area is 136 Å². The average molecular weight is 325 g/mol. The fourth-order valence-corrected chi connectivity index (χ4v) is 5.09. The summed E-state index contributed by atoms with van der Waals surface area (Å²) in [5.74, 6) is 0. The first-order valence-electron chi connectivity index (χ1n) is 6.96. The molecule has 22 heavy (non-hydrogen) atoms. The third-order valence-corrected chi connectivity index (χ3v) is 6.09. The van der Waals surface area contributed by atoms with Gasteiger partial charge in [-0.05, 0) is 41.5 Å². The lowest BCUT2D eigenvalue weighted by molar-refractivity contribution is 0.108. The van der Waals surface area contributed by atoms with Crippen molar-refractivity contribution in [2.45, 2.75) is 0 Å². The largest absolute Gasteiger partial charge is 0.276 e. The van der Waals surface area contributed by atoms with Crippen LogP contribution in [-0.2, 0) is 0 Å². The van der Waals surface area contributed by atoms with Crippen LogP contribution >= 0.6 is 19.5 Å². The second-order valence-corrected chi connectivity index (χ2v) is 7.33. The summed E-state index contributed by atoms with van der Waals surface area (Å²) in [5.41, 5.74) is 0.586. The number of benzene rings is 3. The quantitative estimate of drug-likeness (QED) is 0.526. The maximum absolute atomic E-state index is 11.8. The third-order valence-electron chi connectivity index (χ3n) is 3.39. The van der Waals surface area contributed by atoms with Gasteiger partial charge >= 0.3 is 0 Å². The highest BCUT2D eigenvalue weighted by Gasteiger charge is 2.21. The summed E-state index contributed by atoms with van der Waals surface area (Å²) in [5, 5.41) is 2.99. The smallest absolute Gasteiger partial charge is 0.253 e. The van der Waals surface area contributed by atoms with Gasteiger partial charge in [0.15, 0.2) is 0 Å². The highest BCUT2D eigenvalue weighted by Crippen LogP contribution is 2.34. The predicted octanol–water partition coefficient (Wildman–Crippen LogP) is 3.82. The Bertz CT molecular complexity index is 732. The Kier molecular flexibility index (Phi) is 4.68. The van der Waals surface area contributed by atoms with Crippen molar-refractivity contribution >= 4 is 40.7 Å². The Balaban J connectivity index is 2.21. The molecule has 0 aromatic heterocycles. The molecule has 0 bridgehead atoms. The van der Waals surface area contributed by atoms with E-state index in [1.807, 2.05) is 54.6 Å². The zero-order valence-corrected chi connectivity index (χ0v) is 13.5. The van der Waals surface area contributed by atoms with Crippen LogP contribution in [0, 0.1) is 0 Å². The predicted molar refractivity (Wildman–Crippen MR) is 95.3 cm³/mol. The van der Waals surface area contributed by atoms with E-state index in [1.165, 1.54) is 10.6 Å². The van der Waals surface area contributed by atoms with Gasteiger partial charge in [-0.25, -0.2) is 0 Å². The molecule has 0 radical (unpaired) electrons. The molecule has 0 spiro atoms. The van der Waals surface area contributed by atoms with Gasteiger partial charge in [-0.15, -0.1) is 0 Å². The van der Waals surface area contributed by atoms with Gasteiger partial charge in [0.05, 0.1) is 0 Å². The van der Waals surface area contributed by atoms with Gasteiger partial charge in [-0.3, -0.25) is 4.79 Å². The van der Waals surface area contributed by atoms with Gasteiger partial charge in [-0.1, -0.05) is 78.9 Å². The van der Waals surface area contributed by atoms with Crippen LogP contribution in [0.3, 0.4) is 0 Å². The summed E-state index contributed by atoms with van der Waals surface area (Å²) in [6.45, 7) is 0.